The van der Waals surface area contributed by atoms with E-state index in [9.17, 15) is 12.8 Å². The number of halogens is 1. The van der Waals surface area contributed by atoms with Crippen LogP contribution in [0.4, 0.5) is 4.39 Å². The average molecular weight is 302 g/mol. The van der Waals surface area contributed by atoms with Gasteiger partial charge in [-0.2, -0.15) is 4.31 Å². The van der Waals surface area contributed by atoms with Gasteiger partial charge < -0.3 is 5.32 Å². The molecule has 20 heavy (non-hydrogen) atoms. The third kappa shape index (κ3) is 3.56. The molecular formula is C14H23FN2O2S. The SMILES string of the molecule is CCNCc1cc(S(=O)(=O)N(C)C(C)C)cc(C)c1F. The van der Waals surface area contributed by atoms with Crippen LogP contribution in [0.25, 0.3) is 0 Å². The quantitative estimate of drug-likeness (QED) is 0.877. The number of nitrogens with zero attached hydrogens (tertiary/aromatic N) is 1. The molecule has 1 N–H and O–H groups in total. The molecule has 114 valence electrons. The Morgan fingerprint density at radius 1 is 1.35 bits per heavy atom. The van der Waals surface area contributed by atoms with Crippen molar-refractivity contribution in [2.24, 2.45) is 0 Å². The second-order valence-electron chi connectivity index (χ2n) is 5.11. The average Bonchev–Trinajstić information content (AvgIpc) is 2.38. The van der Waals surface area contributed by atoms with Gasteiger partial charge in [0.2, 0.25) is 10.0 Å². The van der Waals surface area contributed by atoms with Crippen molar-refractivity contribution in [1.29, 1.82) is 0 Å². The maximum absolute atomic E-state index is 14.0. The Hall–Kier alpha value is -0.980. The molecule has 0 heterocycles. The van der Waals surface area contributed by atoms with Gasteiger partial charge in [-0.25, -0.2) is 12.8 Å². The van der Waals surface area contributed by atoms with Gasteiger partial charge >= 0.3 is 0 Å². The molecule has 0 aromatic heterocycles. The van der Waals surface area contributed by atoms with Crippen molar-refractivity contribution in [1.82, 2.24) is 9.62 Å². The van der Waals surface area contributed by atoms with Crippen LogP contribution in [-0.2, 0) is 16.6 Å². The van der Waals surface area contributed by atoms with Crippen LogP contribution in [0.5, 0.6) is 0 Å². The van der Waals surface area contributed by atoms with E-state index in [1.807, 2.05) is 6.92 Å². The highest BCUT2D eigenvalue weighted by atomic mass is 32.2. The zero-order chi connectivity index (χ0) is 15.5. The molecule has 1 aromatic rings. The molecule has 0 atom stereocenters. The number of nitrogens with one attached hydrogen (secondary N) is 1. The molecule has 1 aromatic carbocycles. The fourth-order valence-electron chi connectivity index (χ4n) is 1.79. The van der Waals surface area contributed by atoms with Crippen molar-refractivity contribution in [3.63, 3.8) is 0 Å². The second kappa shape index (κ2) is 6.65. The standard InChI is InChI=1S/C14H23FN2O2S/c1-6-16-9-12-8-13(7-11(4)14(12)15)20(18,19)17(5)10(2)3/h7-8,10,16H,6,9H2,1-5H3. The number of hydrogen-bond acceptors (Lipinski definition) is 3. The molecule has 0 aliphatic carbocycles. The number of hydrogen-bond donors (Lipinski definition) is 1. The summed E-state index contributed by atoms with van der Waals surface area (Å²) in [5.74, 6) is -0.350. The Kier molecular flexibility index (Phi) is 5.68. The Balaban J connectivity index is 3.29. The second-order valence-corrected chi connectivity index (χ2v) is 7.11. The van der Waals surface area contributed by atoms with Crippen molar-refractivity contribution in [2.45, 2.75) is 45.2 Å². The predicted octanol–water partition coefficient (Wildman–Crippen LogP) is 2.27. The Morgan fingerprint density at radius 3 is 2.45 bits per heavy atom. The number of aryl methyl sites for hydroxylation is 1. The largest absolute Gasteiger partial charge is 0.313 e. The molecule has 0 aliphatic heterocycles. The van der Waals surface area contributed by atoms with Crippen molar-refractivity contribution < 1.29 is 12.8 Å². The van der Waals surface area contributed by atoms with Crippen LogP contribution in [0.1, 0.15) is 31.9 Å². The van der Waals surface area contributed by atoms with Crippen molar-refractivity contribution in [3.05, 3.63) is 29.1 Å². The van der Waals surface area contributed by atoms with Gasteiger partial charge in [-0.05, 0) is 45.0 Å². The fourth-order valence-corrected chi connectivity index (χ4v) is 3.29. The van der Waals surface area contributed by atoms with Crippen LogP contribution >= 0.6 is 0 Å². The summed E-state index contributed by atoms with van der Waals surface area (Å²) in [4.78, 5) is 0.139. The van der Waals surface area contributed by atoms with Crippen LogP contribution < -0.4 is 5.32 Å². The zero-order valence-corrected chi connectivity index (χ0v) is 13.5. The monoisotopic (exact) mass is 302 g/mol. The van der Waals surface area contributed by atoms with Gasteiger partial charge in [-0.15, -0.1) is 0 Å². The molecule has 0 saturated heterocycles. The summed E-state index contributed by atoms with van der Waals surface area (Å²) in [6.45, 7) is 8.11. The zero-order valence-electron chi connectivity index (χ0n) is 12.7. The maximum Gasteiger partial charge on any atom is 0.243 e. The lowest BCUT2D eigenvalue weighted by Gasteiger charge is -2.22. The maximum atomic E-state index is 14.0. The number of rotatable bonds is 6. The third-order valence-electron chi connectivity index (χ3n) is 3.27. The Morgan fingerprint density at radius 2 is 1.95 bits per heavy atom. The molecule has 6 heteroatoms. The van der Waals surface area contributed by atoms with Crippen molar-refractivity contribution in [2.75, 3.05) is 13.6 Å². The first-order chi connectivity index (χ1) is 9.21. The highest BCUT2D eigenvalue weighted by Gasteiger charge is 2.24. The molecular weight excluding hydrogens is 279 g/mol. The van der Waals surface area contributed by atoms with E-state index in [0.29, 0.717) is 24.2 Å². The van der Waals surface area contributed by atoms with Gasteiger partial charge in [0, 0.05) is 25.2 Å². The van der Waals surface area contributed by atoms with Crippen molar-refractivity contribution in [3.8, 4) is 0 Å². The van der Waals surface area contributed by atoms with Gasteiger partial charge in [-0.1, -0.05) is 6.92 Å². The highest BCUT2D eigenvalue weighted by molar-refractivity contribution is 7.89. The summed E-state index contributed by atoms with van der Waals surface area (Å²) in [6.07, 6.45) is 0. The van der Waals surface area contributed by atoms with Crippen LogP contribution in [0.15, 0.2) is 17.0 Å². The molecule has 0 saturated carbocycles. The molecule has 0 fully saturated rings. The van der Waals surface area contributed by atoms with E-state index in [1.165, 1.54) is 23.5 Å². The highest BCUT2D eigenvalue weighted by Crippen LogP contribution is 2.22. The summed E-state index contributed by atoms with van der Waals surface area (Å²) in [7, 11) is -2.06. The lowest BCUT2D eigenvalue weighted by Crippen LogP contribution is -2.33. The third-order valence-corrected chi connectivity index (χ3v) is 5.28. The van der Waals surface area contributed by atoms with E-state index in [-0.39, 0.29) is 16.8 Å². The molecule has 0 amide bonds. The first-order valence-electron chi connectivity index (χ1n) is 6.69. The molecule has 0 bridgehead atoms. The minimum absolute atomic E-state index is 0.139. The summed E-state index contributed by atoms with van der Waals surface area (Å²) < 4.78 is 40.2. The number of sulfonamides is 1. The Labute approximate surface area is 121 Å². The number of benzene rings is 1. The van der Waals surface area contributed by atoms with Crippen LogP contribution in [0.3, 0.4) is 0 Å². The molecule has 0 aliphatic rings. The van der Waals surface area contributed by atoms with E-state index in [0.717, 1.165) is 0 Å². The van der Waals surface area contributed by atoms with Gasteiger partial charge in [0.15, 0.2) is 0 Å². The van der Waals surface area contributed by atoms with Crippen LogP contribution in [0.2, 0.25) is 0 Å². The lowest BCUT2D eigenvalue weighted by molar-refractivity contribution is 0.410. The predicted molar refractivity (Wildman–Crippen MR) is 78.6 cm³/mol. The molecule has 4 nitrogen and oxygen atoms in total. The molecule has 0 unspecified atom stereocenters. The minimum Gasteiger partial charge on any atom is -0.313 e. The van der Waals surface area contributed by atoms with E-state index in [4.69, 9.17) is 0 Å². The topological polar surface area (TPSA) is 49.4 Å². The Bertz CT molecular complexity index is 571. The van der Waals surface area contributed by atoms with E-state index in [1.54, 1.807) is 20.8 Å². The lowest BCUT2D eigenvalue weighted by atomic mass is 10.1. The fraction of sp³-hybridized carbons (Fsp3) is 0.571. The minimum atomic E-state index is -3.59. The summed E-state index contributed by atoms with van der Waals surface area (Å²) >= 11 is 0. The normalized spacial score (nSPS) is 12.4. The summed E-state index contributed by atoms with van der Waals surface area (Å²) in [5.41, 5.74) is 0.721. The molecule has 0 spiro atoms. The van der Waals surface area contributed by atoms with Crippen LogP contribution in [-0.4, -0.2) is 32.4 Å². The van der Waals surface area contributed by atoms with E-state index >= 15 is 0 Å². The van der Waals surface area contributed by atoms with Gasteiger partial charge in [0.25, 0.3) is 0 Å². The van der Waals surface area contributed by atoms with Gasteiger partial charge in [0.05, 0.1) is 4.90 Å². The van der Waals surface area contributed by atoms with Gasteiger partial charge in [0.1, 0.15) is 5.82 Å². The molecule has 0 radical (unpaired) electrons. The first kappa shape index (κ1) is 17.1. The van der Waals surface area contributed by atoms with Crippen molar-refractivity contribution >= 4 is 10.0 Å². The summed E-state index contributed by atoms with van der Waals surface area (Å²) in [5, 5.41) is 3.01. The van der Waals surface area contributed by atoms with Crippen LogP contribution in [0, 0.1) is 12.7 Å². The van der Waals surface area contributed by atoms with Gasteiger partial charge in [-0.3, -0.25) is 0 Å². The summed E-state index contributed by atoms with van der Waals surface area (Å²) in [6, 6.07) is 2.65. The van der Waals surface area contributed by atoms with E-state index in [2.05, 4.69) is 5.32 Å². The molecule has 1 rings (SSSR count). The first-order valence-corrected chi connectivity index (χ1v) is 8.13. The van der Waals surface area contributed by atoms with E-state index < -0.39 is 10.0 Å². The smallest absolute Gasteiger partial charge is 0.243 e.